The van der Waals surface area contributed by atoms with Crippen LogP contribution in [-0.4, -0.2) is 21.1 Å². The number of pyridine rings is 1. The first-order valence-electron chi connectivity index (χ1n) is 5.88. The van der Waals surface area contributed by atoms with E-state index in [4.69, 9.17) is 0 Å². The Morgan fingerprint density at radius 1 is 1.50 bits per heavy atom. The van der Waals surface area contributed by atoms with Crippen LogP contribution in [0.1, 0.15) is 24.8 Å². The Hall–Kier alpha value is -1.58. The van der Waals surface area contributed by atoms with Crippen molar-refractivity contribution in [1.82, 2.24) is 14.6 Å². The van der Waals surface area contributed by atoms with E-state index in [0.29, 0.717) is 0 Å². The van der Waals surface area contributed by atoms with Crippen LogP contribution in [0, 0.1) is 12.8 Å². The van der Waals surface area contributed by atoms with Crippen molar-refractivity contribution in [2.75, 3.05) is 11.9 Å². The number of nitrogens with zero attached hydrogens (tertiary/aromatic N) is 3. The van der Waals surface area contributed by atoms with Crippen LogP contribution in [-0.2, 0) is 0 Å². The summed E-state index contributed by atoms with van der Waals surface area (Å²) in [5.41, 5.74) is 2.13. The van der Waals surface area contributed by atoms with Gasteiger partial charge in [0.25, 0.3) is 0 Å². The van der Waals surface area contributed by atoms with Crippen molar-refractivity contribution >= 4 is 11.6 Å². The third-order valence-corrected chi connectivity index (χ3v) is 3.27. The second-order valence-electron chi connectivity index (χ2n) is 4.62. The summed E-state index contributed by atoms with van der Waals surface area (Å²) >= 11 is 0. The number of aromatic nitrogens is 3. The highest BCUT2D eigenvalue weighted by atomic mass is 15.3. The molecule has 0 aromatic carbocycles. The summed E-state index contributed by atoms with van der Waals surface area (Å²) in [6.07, 6.45) is 6.02. The van der Waals surface area contributed by atoms with E-state index >= 15 is 0 Å². The molecule has 1 fully saturated rings. The van der Waals surface area contributed by atoms with E-state index in [2.05, 4.69) is 22.3 Å². The normalized spacial score (nSPS) is 16.3. The maximum atomic E-state index is 4.44. The smallest absolute Gasteiger partial charge is 0.243 e. The lowest BCUT2D eigenvalue weighted by molar-refractivity contribution is 0.333. The van der Waals surface area contributed by atoms with Gasteiger partial charge in [-0.1, -0.05) is 6.42 Å². The second kappa shape index (κ2) is 3.77. The molecule has 0 atom stereocenters. The fourth-order valence-electron chi connectivity index (χ4n) is 1.99. The first-order chi connectivity index (χ1) is 7.81. The number of nitrogens with one attached hydrogen (secondary N) is 1. The van der Waals surface area contributed by atoms with E-state index in [1.54, 1.807) is 0 Å². The van der Waals surface area contributed by atoms with Crippen molar-refractivity contribution in [2.24, 2.45) is 5.92 Å². The lowest BCUT2D eigenvalue weighted by Crippen LogP contribution is -2.21. The van der Waals surface area contributed by atoms with Gasteiger partial charge in [-0.2, -0.15) is 4.98 Å². The minimum atomic E-state index is 0.748. The molecule has 1 N–H and O–H groups in total. The molecule has 1 saturated carbocycles. The summed E-state index contributed by atoms with van der Waals surface area (Å²) < 4.78 is 1.82. The molecule has 0 radical (unpaired) electrons. The third-order valence-electron chi connectivity index (χ3n) is 3.27. The van der Waals surface area contributed by atoms with E-state index in [1.807, 2.05) is 22.8 Å². The average Bonchev–Trinajstić information content (AvgIpc) is 2.57. The van der Waals surface area contributed by atoms with Gasteiger partial charge in [-0.05, 0) is 43.4 Å². The zero-order chi connectivity index (χ0) is 11.0. The minimum absolute atomic E-state index is 0.748. The first kappa shape index (κ1) is 9.63. The molecule has 0 saturated heterocycles. The number of rotatable bonds is 3. The molecule has 84 valence electrons. The van der Waals surface area contributed by atoms with Gasteiger partial charge in [0.2, 0.25) is 5.95 Å². The predicted octanol–water partition coefficient (Wildman–Crippen LogP) is 2.25. The van der Waals surface area contributed by atoms with Crippen LogP contribution in [0.2, 0.25) is 0 Å². The van der Waals surface area contributed by atoms with Crippen molar-refractivity contribution in [2.45, 2.75) is 26.2 Å². The van der Waals surface area contributed by atoms with Gasteiger partial charge < -0.3 is 5.32 Å². The maximum absolute atomic E-state index is 4.44. The fraction of sp³-hybridized carbons (Fsp3) is 0.500. The highest BCUT2D eigenvalue weighted by Crippen LogP contribution is 2.26. The Balaban J connectivity index is 1.76. The van der Waals surface area contributed by atoms with Crippen LogP contribution >= 0.6 is 0 Å². The number of aryl methyl sites for hydroxylation is 1. The Labute approximate surface area is 94.7 Å². The molecular weight excluding hydrogens is 200 g/mol. The lowest BCUT2D eigenvalue weighted by atomic mass is 9.85. The molecule has 1 aliphatic rings. The van der Waals surface area contributed by atoms with Crippen LogP contribution < -0.4 is 5.32 Å². The molecule has 0 spiro atoms. The summed E-state index contributed by atoms with van der Waals surface area (Å²) in [4.78, 5) is 4.44. The van der Waals surface area contributed by atoms with Crippen molar-refractivity contribution < 1.29 is 0 Å². The third kappa shape index (κ3) is 1.75. The molecule has 2 aromatic rings. The van der Waals surface area contributed by atoms with E-state index in [1.165, 1.54) is 24.8 Å². The zero-order valence-corrected chi connectivity index (χ0v) is 9.48. The van der Waals surface area contributed by atoms with Gasteiger partial charge in [-0.3, -0.25) is 0 Å². The Kier molecular flexibility index (Phi) is 2.27. The van der Waals surface area contributed by atoms with Crippen molar-refractivity contribution in [3.63, 3.8) is 0 Å². The largest absolute Gasteiger partial charge is 0.353 e. The van der Waals surface area contributed by atoms with Gasteiger partial charge >= 0.3 is 0 Å². The quantitative estimate of drug-likeness (QED) is 0.855. The molecule has 1 aliphatic carbocycles. The summed E-state index contributed by atoms with van der Waals surface area (Å²) in [6.45, 7) is 3.08. The molecule has 4 heteroatoms. The molecule has 2 aromatic heterocycles. The van der Waals surface area contributed by atoms with E-state index in [0.717, 1.165) is 24.1 Å². The maximum Gasteiger partial charge on any atom is 0.243 e. The van der Waals surface area contributed by atoms with Gasteiger partial charge in [0.1, 0.15) is 0 Å². The molecule has 2 heterocycles. The highest BCUT2D eigenvalue weighted by molar-refractivity contribution is 5.45. The van der Waals surface area contributed by atoms with Crippen LogP contribution in [0.4, 0.5) is 5.95 Å². The minimum Gasteiger partial charge on any atom is -0.353 e. The van der Waals surface area contributed by atoms with Crippen molar-refractivity contribution in [3.05, 3.63) is 23.9 Å². The summed E-state index contributed by atoms with van der Waals surface area (Å²) in [5, 5.41) is 7.69. The number of hydrogen-bond donors (Lipinski definition) is 1. The molecule has 4 nitrogen and oxygen atoms in total. The summed E-state index contributed by atoms with van der Waals surface area (Å²) in [5.74, 6) is 1.57. The van der Waals surface area contributed by atoms with Crippen LogP contribution in [0.15, 0.2) is 18.3 Å². The molecular formula is C12H16N4. The summed E-state index contributed by atoms with van der Waals surface area (Å²) in [7, 11) is 0. The van der Waals surface area contributed by atoms with E-state index in [9.17, 15) is 0 Å². The SMILES string of the molecule is Cc1ccn2nc(NCC3CCC3)nc2c1. The average molecular weight is 216 g/mol. The van der Waals surface area contributed by atoms with Gasteiger partial charge in [-0.25, -0.2) is 4.52 Å². The lowest BCUT2D eigenvalue weighted by Gasteiger charge is -2.24. The molecule has 16 heavy (non-hydrogen) atoms. The highest BCUT2D eigenvalue weighted by Gasteiger charge is 2.17. The van der Waals surface area contributed by atoms with Crippen molar-refractivity contribution in [3.8, 4) is 0 Å². The van der Waals surface area contributed by atoms with Gasteiger partial charge in [0, 0.05) is 12.7 Å². The molecule has 0 bridgehead atoms. The monoisotopic (exact) mass is 216 g/mol. The predicted molar refractivity (Wildman–Crippen MR) is 63.6 cm³/mol. The number of anilines is 1. The molecule has 3 rings (SSSR count). The molecule has 0 amide bonds. The summed E-state index contributed by atoms with van der Waals surface area (Å²) in [6, 6.07) is 4.08. The number of hydrogen-bond acceptors (Lipinski definition) is 3. The Morgan fingerprint density at radius 3 is 3.12 bits per heavy atom. The Morgan fingerprint density at radius 2 is 2.38 bits per heavy atom. The molecule has 0 unspecified atom stereocenters. The zero-order valence-electron chi connectivity index (χ0n) is 9.48. The second-order valence-corrected chi connectivity index (χ2v) is 4.62. The number of fused-ring (bicyclic) bond motifs is 1. The van der Waals surface area contributed by atoms with Gasteiger partial charge in [0.05, 0.1) is 0 Å². The topological polar surface area (TPSA) is 42.2 Å². The van der Waals surface area contributed by atoms with Gasteiger partial charge in [0.15, 0.2) is 5.65 Å². The fourth-order valence-corrected chi connectivity index (χ4v) is 1.99. The van der Waals surface area contributed by atoms with Crippen LogP contribution in [0.5, 0.6) is 0 Å². The molecule has 0 aliphatic heterocycles. The van der Waals surface area contributed by atoms with Crippen molar-refractivity contribution in [1.29, 1.82) is 0 Å². The van der Waals surface area contributed by atoms with E-state index in [-0.39, 0.29) is 0 Å². The van der Waals surface area contributed by atoms with E-state index < -0.39 is 0 Å². The van der Waals surface area contributed by atoms with Crippen LogP contribution in [0.25, 0.3) is 5.65 Å². The van der Waals surface area contributed by atoms with Crippen LogP contribution in [0.3, 0.4) is 0 Å². The van der Waals surface area contributed by atoms with Gasteiger partial charge in [-0.15, -0.1) is 5.10 Å². The Bertz CT molecular complexity index is 499. The first-order valence-corrected chi connectivity index (χ1v) is 5.88. The standard InChI is InChI=1S/C12H16N4/c1-9-5-6-16-11(7-9)14-12(15-16)13-8-10-3-2-4-10/h5-7,10H,2-4,8H2,1H3,(H,13,15).